The minimum absolute atomic E-state index is 0.175. The fourth-order valence-electron chi connectivity index (χ4n) is 3.78. The number of amides is 3. The van der Waals surface area contributed by atoms with Gasteiger partial charge in [0.05, 0.1) is 6.04 Å². The minimum Gasteiger partial charge on any atom is -0.335 e. The molecule has 2 rings (SSSR count). The van der Waals surface area contributed by atoms with Gasteiger partial charge >= 0.3 is 6.03 Å². The average Bonchev–Trinajstić information content (AvgIpc) is 2.50. The van der Waals surface area contributed by atoms with Gasteiger partial charge in [0.25, 0.3) is 5.91 Å². The van der Waals surface area contributed by atoms with Crippen LogP contribution in [0, 0.1) is 5.92 Å². The molecule has 22 heavy (non-hydrogen) atoms. The number of nitrogens with two attached hydrogens (primary N) is 1. The molecule has 0 saturated heterocycles. The first-order valence-corrected chi connectivity index (χ1v) is 9.02. The Labute approximate surface area is 134 Å². The number of rotatable bonds is 4. The molecule has 2 aliphatic rings. The maximum Gasteiger partial charge on any atom is 0.321 e. The Morgan fingerprint density at radius 2 is 1.64 bits per heavy atom. The van der Waals surface area contributed by atoms with Gasteiger partial charge in [0, 0.05) is 12.0 Å². The summed E-state index contributed by atoms with van der Waals surface area (Å²) in [5.74, 6) is 0.478. The summed E-state index contributed by atoms with van der Waals surface area (Å²) in [6, 6.07) is 0.214. The van der Waals surface area contributed by atoms with Crippen molar-refractivity contribution in [2.75, 3.05) is 0 Å². The lowest BCUT2D eigenvalue weighted by Crippen LogP contribution is -2.98. The molecule has 0 aromatic heterocycles. The highest BCUT2D eigenvalue weighted by molar-refractivity contribution is 5.96. The number of nitrogens with one attached hydrogen (secondary N) is 2. The molecule has 0 heterocycles. The van der Waals surface area contributed by atoms with Crippen LogP contribution in [0.2, 0.25) is 0 Å². The third kappa shape index (κ3) is 5.27. The van der Waals surface area contributed by atoms with Crippen molar-refractivity contribution in [1.29, 1.82) is 0 Å². The molecule has 0 radical (unpaired) electrons. The second kappa shape index (κ2) is 8.51. The van der Waals surface area contributed by atoms with Crippen molar-refractivity contribution >= 4 is 11.9 Å². The Morgan fingerprint density at radius 3 is 2.32 bits per heavy atom. The predicted molar refractivity (Wildman–Crippen MR) is 86.4 cm³/mol. The molecule has 126 valence electrons. The smallest absolute Gasteiger partial charge is 0.321 e. The van der Waals surface area contributed by atoms with Crippen molar-refractivity contribution in [2.24, 2.45) is 5.92 Å². The highest BCUT2D eigenvalue weighted by Crippen LogP contribution is 2.21. The number of urea groups is 1. The molecule has 2 aliphatic carbocycles. The standard InChI is InChI=1S/C17H31N3O2/c1-12-8-6-7-11-15(12)18-13(2)16(21)20-17(22)19-14-9-4-3-5-10-14/h12-15,18H,3-11H2,1-2H3,(H2,19,20,21,22)/p+1/t12-,13+,15-/m1/s1. The summed E-state index contributed by atoms with van der Waals surface area (Å²) in [5, 5.41) is 7.59. The second-order valence-corrected chi connectivity index (χ2v) is 7.20. The summed E-state index contributed by atoms with van der Waals surface area (Å²) >= 11 is 0. The lowest BCUT2D eigenvalue weighted by atomic mass is 9.85. The van der Waals surface area contributed by atoms with E-state index in [1.807, 2.05) is 6.92 Å². The highest BCUT2D eigenvalue weighted by atomic mass is 16.2. The first-order chi connectivity index (χ1) is 10.6. The molecule has 2 saturated carbocycles. The van der Waals surface area contributed by atoms with Crippen LogP contribution in [0.4, 0.5) is 4.79 Å². The van der Waals surface area contributed by atoms with Crippen molar-refractivity contribution in [3.63, 3.8) is 0 Å². The van der Waals surface area contributed by atoms with E-state index in [9.17, 15) is 9.59 Å². The van der Waals surface area contributed by atoms with Gasteiger partial charge in [0.1, 0.15) is 0 Å². The quantitative estimate of drug-likeness (QED) is 0.739. The third-order valence-corrected chi connectivity index (χ3v) is 5.30. The van der Waals surface area contributed by atoms with Crippen molar-refractivity contribution in [3.05, 3.63) is 0 Å². The average molecular weight is 310 g/mol. The van der Waals surface area contributed by atoms with E-state index in [0.29, 0.717) is 12.0 Å². The van der Waals surface area contributed by atoms with Crippen LogP contribution in [0.5, 0.6) is 0 Å². The monoisotopic (exact) mass is 310 g/mol. The molecule has 5 nitrogen and oxygen atoms in total. The first-order valence-electron chi connectivity index (χ1n) is 9.02. The highest BCUT2D eigenvalue weighted by Gasteiger charge is 2.29. The molecular weight excluding hydrogens is 278 g/mol. The van der Waals surface area contributed by atoms with E-state index in [0.717, 1.165) is 12.8 Å². The SMILES string of the molecule is C[C@H]([NH2+][C@@H]1CCCC[C@H]1C)C(=O)NC(=O)NC1CCCCC1. The molecule has 2 fully saturated rings. The molecule has 4 N–H and O–H groups in total. The van der Waals surface area contributed by atoms with E-state index >= 15 is 0 Å². The Kier molecular flexibility index (Phi) is 6.68. The van der Waals surface area contributed by atoms with Crippen molar-refractivity contribution in [3.8, 4) is 0 Å². The van der Waals surface area contributed by atoms with E-state index in [1.165, 1.54) is 44.9 Å². The molecule has 3 amide bonds. The summed E-state index contributed by atoms with van der Waals surface area (Å²) in [5.41, 5.74) is 0. The summed E-state index contributed by atoms with van der Waals surface area (Å²) in [7, 11) is 0. The Morgan fingerprint density at radius 1 is 1.00 bits per heavy atom. The summed E-state index contributed by atoms with van der Waals surface area (Å²) in [4.78, 5) is 24.1. The second-order valence-electron chi connectivity index (χ2n) is 7.20. The molecule has 0 aliphatic heterocycles. The fraction of sp³-hybridized carbons (Fsp3) is 0.882. The van der Waals surface area contributed by atoms with Crippen LogP contribution < -0.4 is 16.0 Å². The number of carbonyl (C=O) groups excluding carboxylic acids is 2. The third-order valence-electron chi connectivity index (χ3n) is 5.30. The minimum atomic E-state index is -0.325. The first kappa shape index (κ1) is 17.3. The normalized spacial score (nSPS) is 27.9. The number of hydrogen-bond acceptors (Lipinski definition) is 2. The number of hydrogen-bond donors (Lipinski definition) is 3. The van der Waals surface area contributed by atoms with Gasteiger partial charge in [-0.05, 0) is 39.0 Å². The molecule has 0 aromatic carbocycles. The van der Waals surface area contributed by atoms with Gasteiger partial charge in [0.2, 0.25) is 0 Å². The van der Waals surface area contributed by atoms with Crippen molar-refractivity contribution in [2.45, 2.75) is 89.8 Å². The van der Waals surface area contributed by atoms with E-state index in [1.54, 1.807) is 0 Å². The number of carbonyl (C=O) groups is 2. The van der Waals surface area contributed by atoms with E-state index in [4.69, 9.17) is 0 Å². The number of imide groups is 1. The van der Waals surface area contributed by atoms with E-state index in [-0.39, 0.29) is 24.0 Å². The van der Waals surface area contributed by atoms with Crippen molar-refractivity contribution < 1.29 is 14.9 Å². The van der Waals surface area contributed by atoms with Crippen LogP contribution in [0.15, 0.2) is 0 Å². The fourth-order valence-corrected chi connectivity index (χ4v) is 3.78. The topological polar surface area (TPSA) is 74.8 Å². The van der Waals surface area contributed by atoms with Gasteiger partial charge in [-0.25, -0.2) is 4.79 Å². The molecule has 0 bridgehead atoms. The van der Waals surface area contributed by atoms with Gasteiger partial charge in [-0.2, -0.15) is 0 Å². The summed E-state index contributed by atoms with van der Waals surface area (Å²) < 4.78 is 0. The van der Waals surface area contributed by atoms with E-state index in [2.05, 4.69) is 22.9 Å². The maximum atomic E-state index is 12.2. The Hall–Kier alpha value is -1.10. The molecular formula is C17H32N3O2+. The molecule has 0 unspecified atom stereocenters. The largest absolute Gasteiger partial charge is 0.335 e. The Bertz CT molecular complexity index is 380. The van der Waals surface area contributed by atoms with E-state index < -0.39 is 0 Å². The maximum absolute atomic E-state index is 12.2. The number of quaternary nitrogens is 1. The van der Waals surface area contributed by atoms with Crippen LogP contribution in [-0.4, -0.2) is 30.1 Å². The summed E-state index contributed by atoms with van der Waals surface area (Å²) in [6.45, 7) is 4.16. The zero-order valence-corrected chi connectivity index (χ0v) is 14.1. The van der Waals surface area contributed by atoms with Gasteiger partial charge in [-0.3, -0.25) is 10.1 Å². The van der Waals surface area contributed by atoms with Crippen LogP contribution in [0.25, 0.3) is 0 Å². The van der Waals surface area contributed by atoms with Gasteiger partial charge < -0.3 is 10.6 Å². The Balaban J connectivity index is 1.71. The molecule has 3 atom stereocenters. The lowest BCUT2D eigenvalue weighted by Gasteiger charge is -2.28. The van der Waals surface area contributed by atoms with Gasteiger partial charge in [-0.15, -0.1) is 0 Å². The molecule has 0 aromatic rings. The van der Waals surface area contributed by atoms with Crippen LogP contribution >= 0.6 is 0 Å². The molecule has 5 heteroatoms. The zero-order chi connectivity index (χ0) is 15.9. The van der Waals surface area contributed by atoms with Crippen molar-refractivity contribution in [1.82, 2.24) is 10.6 Å². The predicted octanol–water partition coefficient (Wildman–Crippen LogP) is 1.68. The lowest BCUT2D eigenvalue weighted by molar-refractivity contribution is -0.714. The van der Waals surface area contributed by atoms with Crippen LogP contribution in [0.3, 0.4) is 0 Å². The van der Waals surface area contributed by atoms with Crippen LogP contribution in [-0.2, 0) is 4.79 Å². The van der Waals surface area contributed by atoms with Gasteiger partial charge in [0.15, 0.2) is 6.04 Å². The van der Waals surface area contributed by atoms with Gasteiger partial charge in [-0.1, -0.05) is 32.6 Å². The zero-order valence-electron chi connectivity index (χ0n) is 14.1. The van der Waals surface area contributed by atoms with Crippen LogP contribution in [0.1, 0.15) is 71.6 Å². The summed E-state index contributed by atoms with van der Waals surface area (Å²) in [6.07, 6.45) is 10.6. The molecule has 0 spiro atoms.